The molecule has 0 fully saturated rings. The van der Waals surface area contributed by atoms with Gasteiger partial charge in [-0.05, 0) is 51.2 Å². The molecule has 0 saturated heterocycles. The van der Waals surface area contributed by atoms with Crippen molar-refractivity contribution < 1.29 is 4.79 Å². The van der Waals surface area contributed by atoms with Gasteiger partial charge in [0, 0.05) is 9.75 Å². The highest BCUT2D eigenvalue weighted by atomic mass is 32.1. The molecule has 0 N–H and O–H groups in total. The summed E-state index contributed by atoms with van der Waals surface area (Å²) in [5.74, 6) is 0. The largest absolute Gasteiger partial charge is 0.302 e. The van der Waals surface area contributed by atoms with Crippen LogP contribution in [0.5, 0.6) is 0 Å². The lowest BCUT2D eigenvalue weighted by Crippen LogP contribution is -2.16. The first-order chi connectivity index (χ1) is 6.63. The molecule has 0 radical (unpaired) electrons. The van der Waals surface area contributed by atoms with Gasteiger partial charge in [-0.15, -0.1) is 11.3 Å². The van der Waals surface area contributed by atoms with Gasteiger partial charge in [-0.1, -0.05) is 0 Å². The maximum atomic E-state index is 10.9. The number of aldehydes is 1. The van der Waals surface area contributed by atoms with Crippen molar-refractivity contribution in [1.82, 2.24) is 0 Å². The van der Waals surface area contributed by atoms with E-state index in [0.29, 0.717) is 0 Å². The number of hydrogen-bond donors (Lipinski definition) is 0. The molecule has 0 amide bonds. The number of carbonyl (C=O) groups is 1. The molecular formula is C12H16OS. The van der Waals surface area contributed by atoms with E-state index >= 15 is 0 Å². The van der Waals surface area contributed by atoms with E-state index in [-0.39, 0.29) is 5.41 Å². The van der Waals surface area contributed by atoms with Crippen molar-refractivity contribution in [2.75, 3.05) is 0 Å². The molecule has 1 nitrogen and oxygen atoms in total. The van der Waals surface area contributed by atoms with Gasteiger partial charge in [0.1, 0.15) is 6.29 Å². The highest BCUT2D eigenvalue weighted by Crippen LogP contribution is 2.35. The van der Waals surface area contributed by atoms with Gasteiger partial charge < -0.3 is 4.79 Å². The second kappa shape index (κ2) is 3.50. The fourth-order valence-electron chi connectivity index (χ4n) is 1.87. The third-order valence-corrected chi connectivity index (χ3v) is 4.50. The lowest BCUT2D eigenvalue weighted by atomic mass is 9.91. The smallest absolute Gasteiger partial charge is 0.130 e. The number of thiophene rings is 1. The Balaban J connectivity index is 2.37. The first kappa shape index (κ1) is 9.91. The fraction of sp³-hybridized carbons (Fsp3) is 0.583. The van der Waals surface area contributed by atoms with Crippen LogP contribution in [-0.4, -0.2) is 6.29 Å². The van der Waals surface area contributed by atoms with Gasteiger partial charge >= 0.3 is 0 Å². The zero-order valence-electron chi connectivity index (χ0n) is 8.80. The van der Waals surface area contributed by atoms with Crippen molar-refractivity contribution in [3.05, 3.63) is 21.4 Å². The van der Waals surface area contributed by atoms with Crippen LogP contribution in [0.1, 0.15) is 42.0 Å². The van der Waals surface area contributed by atoms with Gasteiger partial charge in [-0.3, -0.25) is 0 Å². The molecule has 0 atom stereocenters. The predicted molar refractivity (Wildman–Crippen MR) is 60.1 cm³/mol. The molecule has 14 heavy (non-hydrogen) atoms. The summed E-state index contributed by atoms with van der Waals surface area (Å²) in [5.41, 5.74) is 1.20. The average molecular weight is 208 g/mol. The molecule has 76 valence electrons. The predicted octanol–water partition coefficient (Wildman–Crippen LogP) is 3.10. The standard InChI is InChI=1S/C12H16OS/c1-12(2,8-13)11-7-9-5-3-4-6-10(9)14-11/h7-8H,3-6H2,1-2H3. The molecule has 1 heterocycles. The van der Waals surface area contributed by atoms with Crippen LogP contribution in [0.2, 0.25) is 0 Å². The van der Waals surface area contributed by atoms with Gasteiger partial charge in [-0.25, -0.2) is 0 Å². The van der Waals surface area contributed by atoms with Crippen LogP contribution >= 0.6 is 11.3 Å². The molecule has 0 saturated carbocycles. The van der Waals surface area contributed by atoms with E-state index in [1.165, 1.54) is 41.0 Å². The molecule has 1 aromatic rings. The summed E-state index contributed by atoms with van der Waals surface area (Å²) in [5, 5.41) is 0. The van der Waals surface area contributed by atoms with Gasteiger partial charge in [0.2, 0.25) is 0 Å². The Morgan fingerprint density at radius 3 is 2.71 bits per heavy atom. The highest BCUT2D eigenvalue weighted by Gasteiger charge is 2.24. The van der Waals surface area contributed by atoms with Gasteiger partial charge in [0.15, 0.2) is 0 Å². The Hall–Kier alpha value is -0.630. The molecule has 2 heteroatoms. The lowest BCUT2D eigenvalue weighted by Gasteiger charge is -2.13. The van der Waals surface area contributed by atoms with Crippen LogP contribution in [0.15, 0.2) is 6.07 Å². The SMILES string of the molecule is CC(C)(C=O)c1cc2c(s1)CCCC2. The summed E-state index contributed by atoms with van der Waals surface area (Å²) in [4.78, 5) is 13.7. The summed E-state index contributed by atoms with van der Waals surface area (Å²) in [6.45, 7) is 3.99. The maximum Gasteiger partial charge on any atom is 0.130 e. The van der Waals surface area contributed by atoms with Crippen molar-refractivity contribution in [2.45, 2.75) is 44.9 Å². The number of fused-ring (bicyclic) bond motifs is 1. The van der Waals surface area contributed by atoms with Crippen LogP contribution in [0.3, 0.4) is 0 Å². The minimum absolute atomic E-state index is 0.290. The zero-order chi connectivity index (χ0) is 10.2. The zero-order valence-corrected chi connectivity index (χ0v) is 9.62. The van der Waals surface area contributed by atoms with Gasteiger partial charge in [0.05, 0.1) is 5.41 Å². The van der Waals surface area contributed by atoms with E-state index < -0.39 is 0 Å². The molecule has 0 aliphatic heterocycles. The molecule has 0 unspecified atom stereocenters. The monoisotopic (exact) mass is 208 g/mol. The molecule has 1 aliphatic carbocycles. The van der Waals surface area contributed by atoms with Crippen molar-refractivity contribution in [3.8, 4) is 0 Å². The van der Waals surface area contributed by atoms with Gasteiger partial charge in [-0.2, -0.15) is 0 Å². The molecule has 0 spiro atoms. The molecule has 1 aromatic heterocycles. The second-order valence-corrected chi connectivity index (χ2v) is 5.74. The summed E-state index contributed by atoms with van der Waals surface area (Å²) in [7, 11) is 0. The minimum Gasteiger partial charge on any atom is -0.302 e. The summed E-state index contributed by atoms with van der Waals surface area (Å²) in [6.07, 6.45) is 6.11. The third kappa shape index (κ3) is 1.63. The Morgan fingerprint density at radius 1 is 1.36 bits per heavy atom. The average Bonchev–Trinajstić information content (AvgIpc) is 2.61. The molecule has 0 bridgehead atoms. The minimum atomic E-state index is -0.290. The molecule has 2 rings (SSSR count). The Kier molecular flexibility index (Phi) is 2.48. The highest BCUT2D eigenvalue weighted by molar-refractivity contribution is 7.12. The van der Waals surface area contributed by atoms with E-state index in [1.54, 1.807) is 0 Å². The summed E-state index contributed by atoms with van der Waals surface area (Å²) < 4.78 is 0. The topological polar surface area (TPSA) is 17.1 Å². The Morgan fingerprint density at radius 2 is 2.07 bits per heavy atom. The lowest BCUT2D eigenvalue weighted by molar-refractivity contribution is -0.111. The van der Waals surface area contributed by atoms with E-state index in [4.69, 9.17) is 0 Å². The fourth-order valence-corrected chi connectivity index (χ4v) is 3.18. The van der Waals surface area contributed by atoms with Crippen LogP contribution in [0, 0.1) is 0 Å². The second-order valence-electron chi connectivity index (χ2n) is 4.61. The molecular weight excluding hydrogens is 192 g/mol. The van der Waals surface area contributed by atoms with Crippen molar-refractivity contribution in [1.29, 1.82) is 0 Å². The van der Waals surface area contributed by atoms with Crippen LogP contribution in [0.4, 0.5) is 0 Å². The van der Waals surface area contributed by atoms with Crippen molar-refractivity contribution in [2.24, 2.45) is 0 Å². The van der Waals surface area contributed by atoms with E-state index in [2.05, 4.69) is 6.07 Å². The number of carbonyl (C=O) groups excluding carboxylic acids is 1. The van der Waals surface area contributed by atoms with E-state index in [9.17, 15) is 4.79 Å². The van der Waals surface area contributed by atoms with E-state index in [1.807, 2.05) is 25.2 Å². The van der Waals surface area contributed by atoms with Crippen LogP contribution in [0.25, 0.3) is 0 Å². The quantitative estimate of drug-likeness (QED) is 0.682. The summed E-state index contributed by atoms with van der Waals surface area (Å²) >= 11 is 1.84. The number of aryl methyl sites for hydroxylation is 2. The normalized spacial score (nSPS) is 16.4. The van der Waals surface area contributed by atoms with Crippen LogP contribution in [-0.2, 0) is 23.1 Å². The number of rotatable bonds is 2. The Bertz CT molecular complexity index is 326. The van der Waals surface area contributed by atoms with Crippen LogP contribution < -0.4 is 0 Å². The first-order valence-corrected chi connectivity index (χ1v) is 6.03. The van der Waals surface area contributed by atoms with E-state index in [0.717, 1.165) is 6.29 Å². The van der Waals surface area contributed by atoms with Crippen molar-refractivity contribution >= 4 is 17.6 Å². The maximum absolute atomic E-state index is 10.9. The first-order valence-electron chi connectivity index (χ1n) is 5.22. The van der Waals surface area contributed by atoms with Gasteiger partial charge in [0.25, 0.3) is 0 Å². The number of hydrogen-bond acceptors (Lipinski definition) is 2. The molecule has 1 aliphatic rings. The Labute approximate surface area is 89.1 Å². The van der Waals surface area contributed by atoms with Crippen molar-refractivity contribution in [3.63, 3.8) is 0 Å². The summed E-state index contributed by atoms with van der Waals surface area (Å²) in [6, 6.07) is 2.24. The molecule has 0 aromatic carbocycles. The third-order valence-electron chi connectivity index (χ3n) is 2.93.